The highest BCUT2D eigenvalue weighted by Crippen LogP contribution is 2.15. The Morgan fingerprint density at radius 2 is 2.10 bits per heavy atom. The van der Waals surface area contributed by atoms with Gasteiger partial charge in [0.25, 0.3) is 0 Å². The second kappa shape index (κ2) is 3.32. The number of rotatable bonds is 4. The zero-order valence-electron chi connectivity index (χ0n) is 6.85. The maximum atomic E-state index is 5.25. The van der Waals surface area contributed by atoms with Crippen molar-refractivity contribution in [3.8, 4) is 0 Å². The first-order valence-corrected chi connectivity index (χ1v) is 3.89. The second-order valence-corrected chi connectivity index (χ2v) is 2.86. The summed E-state index contributed by atoms with van der Waals surface area (Å²) in [6, 6.07) is 0.508. The molecule has 0 spiro atoms. The molecule has 0 aromatic rings. The van der Waals surface area contributed by atoms with E-state index < -0.39 is 0 Å². The van der Waals surface area contributed by atoms with Crippen LogP contribution in [0.2, 0.25) is 0 Å². The molecular formula is C7H16N2O. The van der Waals surface area contributed by atoms with Gasteiger partial charge in [0.05, 0.1) is 0 Å². The highest BCUT2D eigenvalue weighted by molar-refractivity contribution is 4.80. The minimum absolute atomic E-state index is 0.250. The molecule has 2 N–H and O–H groups in total. The molecule has 0 aliphatic carbocycles. The quantitative estimate of drug-likeness (QED) is 0.556. The summed E-state index contributed by atoms with van der Waals surface area (Å²) in [6.45, 7) is 7.28. The standard InChI is InChI=1S/C7H16N2O/c1-4-8-6-7(10-6)9-5(2)3/h5-9H,4H2,1-3H3. The van der Waals surface area contributed by atoms with Crippen LogP contribution in [0.5, 0.6) is 0 Å². The van der Waals surface area contributed by atoms with E-state index in [1.807, 2.05) is 0 Å². The summed E-state index contributed by atoms with van der Waals surface area (Å²) in [5.74, 6) is 0. The molecule has 1 saturated heterocycles. The summed E-state index contributed by atoms with van der Waals surface area (Å²) in [5.41, 5.74) is 0. The third-order valence-corrected chi connectivity index (χ3v) is 1.39. The van der Waals surface area contributed by atoms with Crippen LogP contribution in [0.3, 0.4) is 0 Å². The van der Waals surface area contributed by atoms with Crippen LogP contribution in [0.1, 0.15) is 20.8 Å². The smallest absolute Gasteiger partial charge is 0.150 e. The van der Waals surface area contributed by atoms with Crippen LogP contribution in [0.4, 0.5) is 0 Å². The summed E-state index contributed by atoms with van der Waals surface area (Å²) in [4.78, 5) is 0. The van der Waals surface area contributed by atoms with E-state index in [1.165, 1.54) is 0 Å². The summed E-state index contributed by atoms with van der Waals surface area (Å²) in [6.07, 6.45) is 0.507. The summed E-state index contributed by atoms with van der Waals surface area (Å²) in [7, 11) is 0. The van der Waals surface area contributed by atoms with Crippen LogP contribution in [-0.2, 0) is 4.74 Å². The van der Waals surface area contributed by atoms with Gasteiger partial charge >= 0.3 is 0 Å². The number of nitrogens with one attached hydrogen (secondary N) is 2. The van der Waals surface area contributed by atoms with Gasteiger partial charge in [-0.05, 0) is 20.4 Å². The van der Waals surface area contributed by atoms with Gasteiger partial charge in [0.15, 0.2) is 12.5 Å². The molecule has 3 heteroatoms. The van der Waals surface area contributed by atoms with Gasteiger partial charge in [-0.15, -0.1) is 0 Å². The lowest BCUT2D eigenvalue weighted by Gasteiger charge is -2.02. The normalized spacial score (nSPS) is 31.2. The average Bonchev–Trinajstić information content (AvgIpc) is 2.47. The minimum atomic E-state index is 0.250. The van der Waals surface area contributed by atoms with Gasteiger partial charge in [-0.25, -0.2) is 0 Å². The van der Waals surface area contributed by atoms with Crippen molar-refractivity contribution in [3.63, 3.8) is 0 Å². The first kappa shape index (κ1) is 7.98. The molecule has 0 aromatic carbocycles. The van der Waals surface area contributed by atoms with Crippen LogP contribution < -0.4 is 10.6 Å². The van der Waals surface area contributed by atoms with Crippen molar-refractivity contribution in [3.05, 3.63) is 0 Å². The topological polar surface area (TPSA) is 36.6 Å². The Bertz CT molecular complexity index is 106. The Labute approximate surface area is 62.1 Å². The lowest BCUT2D eigenvalue weighted by atomic mass is 10.4. The molecular weight excluding hydrogens is 128 g/mol. The fourth-order valence-electron chi connectivity index (χ4n) is 0.924. The number of hydrogen-bond acceptors (Lipinski definition) is 3. The summed E-state index contributed by atoms with van der Waals surface area (Å²) in [5, 5.41) is 6.46. The van der Waals surface area contributed by atoms with Crippen molar-refractivity contribution >= 4 is 0 Å². The van der Waals surface area contributed by atoms with Crippen molar-refractivity contribution in [2.45, 2.75) is 39.3 Å². The lowest BCUT2D eigenvalue weighted by molar-refractivity contribution is 0.320. The molecule has 2 atom stereocenters. The third-order valence-electron chi connectivity index (χ3n) is 1.39. The Kier molecular flexibility index (Phi) is 2.65. The molecule has 1 aliphatic rings. The first-order valence-electron chi connectivity index (χ1n) is 3.89. The molecule has 3 nitrogen and oxygen atoms in total. The van der Waals surface area contributed by atoms with E-state index >= 15 is 0 Å². The first-order chi connectivity index (χ1) is 4.74. The van der Waals surface area contributed by atoms with Gasteiger partial charge in [-0.3, -0.25) is 10.6 Å². The molecule has 2 unspecified atom stereocenters. The van der Waals surface area contributed by atoms with Crippen molar-refractivity contribution in [1.29, 1.82) is 0 Å². The van der Waals surface area contributed by atoms with E-state index in [1.54, 1.807) is 0 Å². The maximum absolute atomic E-state index is 5.25. The van der Waals surface area contributed by atoms with Gasteiger partial charge < -0.3 is 4.74 Å². The predicted molar refractivity (Wildman–Crippen MR) is 40.6 cm³/mol. The van der Waals surface area contributed by atoms with Crippen LogP contribution in [0.25, 0.3) is 0 Å². The number of likely N-dealkylation sites (N-methyl/N-ethyl adjacent to an activating group) is 1. The van der Waals surface area contributed by atoms with Crippen molar-refractivity contribution < 1.29 is 4.74 Å². The van der Waals surface area contributed by atoms with Crippen LogP contribution in [0, 0.1) is 0 Å². The van der Waals surface area contributed by atoms with E-state index in [-0.39, 0.29) is 12.5 Å². The second-order valence-electron chi connectivity index (χ2n) is 2.86. The molecule has 0 radical (unpaired) electrons. The maximum Gasteiger partial charge on any atom is 0.150 e. The third kappa shape index (κ3) is 2.25. The summed E-state index contributed by atoms with van der Waals surface area (Å²) >= 11 is 0. The van der Waals surface area contributed by atoms with E-state index in [2.05, 4.69) is 31.4 Å². The van der Waals surface area contributed by atoms with Gasteiger partial charge in [0, 0.05) is 6.04 Å². The van der Waals surface area contributed by atoms with E-state index in [4.69, 9.17) is 4.74 Å². The van der Waals surface area contributed by atoms with Gasteiger partial charge in [-0.2, -0.15) is 0 Å². The molecule has 1 aliphatic heterocycles. The fraction of sp³-hybridized carbons (Fsp3) is 1.00. The summed E-state index contributed by atoms with van der Waals surface area (Å²) < 4.78 is 5.25. The Hall–Kier alpha value is -0.120. The lowest BCUT2D eigenvalue weighted by Crippen LogP contribution is -2.31. The highest BCUT2D eigenvalue weighted by Gasteiger charge is 2.37. The highest BCUT2D eigenvalue weighted by atomic mass is 16.6. The molecule has 60 valence electrons. The molecule has 0 aromatic heterocycles. The van der Waals surface area contributed by atoms with Gasteiger partial charge in [0.1, 0.15) is 0 Å². The minimum Gasteiger partial charge on any atom is -0.337 e. The molecule has 1 fully saturated rings. The monoisotopic (exact) mass is 144 g/mol. The Balaban J connectivity index is 2.02. The molecule has 0 saturated carbocycles. The van der Waals surface area contributed by atoms with Crippen LogP contribution in [-0.4, -0.2) is 25.0 Å². The van der Waals surface area contributed by atoms with Gasteiger partial charge in [0.2, 0.25) is 0 Å². The molecule has 1 heterocycles. The molecule has 1 rings (SSSR count). The Morgan fingerprint density at radius 3 is 2.60 bits per heavy atom. The number of ether oxygens (including phenoxy) is 1. The predicted octanol–water partition coefficient (Wildman–Crippen LogP) is 0.276. The zero-order chi connectivity index (χ0) is 7.56. The largest absolute Gasteiger partial charge is 0.337 e. The van der Waals surface area contributed by atoms with E-state index in [0.717, 1.165) is 6.54 Å². The van der Waals surface area contributed by atoms with Crippen LogP contribution in [0.15, 0.2) is 0 Å². The van der Waals surface area contributed by atoms with E-state index in [0.29, 0.717) is 6.04 Å². The fourth-order valence-corrected chi connectivity index (χ4v) is 0.924. The number of hydrogen-bond donors (Lipinski definition) is 2. The SMILES string of the molecule is CCNC1OC1NC(C)C. The van der Waals surface area contributed by atoms with E-state index in [9.17, 15) is 0 Å². The van der Waals surface area contributed by atoms with Gasteiger partial charge in [-0.1, -0.05) is 6.92 Å². The van der Waals surface area contributed by atoms with Crippen molar-refractivity contribution in [2.75, 3.05) is 6.54 Å². The van der Waals surface area contributed by atoms with Crippen molar-refractivity contribution in [2.24, 2.45) is 0 Å². The van der Waals surface area contributed by atoms with Crippen LogP contribution >= 0.6 is 0 Å². The molecule has 0 bridgehead atoms. The van der Waals surface area contributed by atoms with Crippen molar-refractivity contribution in [1.82, 2.24) is 10.6 Å². The zero-order valence-corrected chi connectivity index (χ0v) is 6.85. The molecule has 10 heavy (non-hydrogen) atoms. The average molecular weight is 144 g/mol. The Morgan fingerprint density at radius 1 is 1.40 bits per heavy atom. The molecule has 0 amide bonds. The number of epoxide rings is 1.